The average molecular weight is 476 g/mol. The van der Waals surface area contributed by atoms with Crippen LogP contribution in [-0.4, -0.2) is 51.4 Å². The molecule has 2 aromatic carbocycles. The molecule has 33 heavy (non-hydrogen) atoms. The van der Waals surface area contributed by atoms with Crippen molar-refractivity contribution in [1.29, 1.82) is 0 Å². The van der Waals surface area contributed by atoms with Crippen LogP contribution < -0.4 is 5.32 Å². The summed E-state index contributed by atoms with van der Waals surface area (Å²) in [6.07, 6.45) is -0.493. The number of aliphatic carboxylic acids is 1. The number of ether oxygens (including phenoxy) is 2. The molecule has 0 bridgehead atoms. The molecule has 1 aliphatic rings. The number of benzene rings is 2. The van der Waals surface area contributed by atoms with E-state index in [9.17, 15) is 14.7 Å². The van der Waals surface area contributed by atoms with Crippen molar-refractivity contribution in [1.82, 2.24) is 0 Å². The number of rotatable bonds is 11. The molecule has 0 aliphatic carbocycles. The van der Waals surface area contributed by atoms with Gasteiger partial charge in [-0.05, 0) is 23.3 Å². The maximum atomic E-state index is 11.9. The molecule has 1 fully saturated rings. The van der Waals surface area contributed by atoms with E-state index in [1.807, 2.05) is 36.4 Å². The van der Waals surface area contributed by atoms with Crippen LogP contribution in [0.2, 0.25) is 0 Å². The third-order valence-corrected chi connectivity index (χ3v) is 6.27. The fourth-order valence-corrected chi connectivity index (χ4v) is 4.24. The summed E-state index contributed by atoms with van der Waals surface area (Å²) >= 11 is 1.62. The number of hydrogen-bond acceptors (Lipinski definition) is 7. The number of carbonyl (C=O) groups is 2. The summed E-state index contributed by atoms with van der Waals surface area (Å²) in [5, 5.41) is 29.8. The number of carboxylic acid groups (broad SMARTS) is 1. The lowest BCUT2D eigenvalue weighted by Crippen LogP contribution is -2.31. The minimum atomic E-state index is -1.01. The highest BCUT2D eigenvalue weighted by molar-refractivity contribution is 7.99. The van der Waals surface area contributed by atoms with E-state index in [0.29, 0.717) is 17.9 Å². The number of anilines is 1. The Hall–Kier alpha value is -2.43. The molecule has 0 saturated carbocycles. The van der Waals surface area contributed by atoms with Gasteiger partial charge in [0.25, 0.3) is 0 Å². The molecule has 8 nitrogen and oxygen atoms in total. The van der Waals surface area contributed by atoms with Crippen molar-refractivity contribution in [3.8, 4) is 0 Å². The van der Waals surface area contributed by atoms with Crippen molar-refractivity contribution >= 4 is 29.3 Å². The van der Waals surface area contributed by atoms with Crippen LogP contribution >= 0.6 is 11.8 Å². The molecule has 3 atom stereocenters. The Kier molecular flexibility index (Phi) is 9.71. The number of amides is 1. The fraction of sp³-hybridized carbons (Fsp3) is 0.417. The highest BCUT2D eigenvalue weighted by Crippen LogP contribution is 2.39. The Morgan fingerprint density at radius 2 is 1.67 bits per heavy atom. The molecule has 2 aromatic rings. The van der Waals surface area contributed by atoms with Gasteiger partial charge < -0.3 is 30.1 Å². The van der Waals surface area contributed by atoms with Crippen LogP contribution in [0.3, 0.4) is 0 Å². The Bertz CT molecular complexity index is 904. The van der Waals surface area contributed by atoms with Gasteiger partial charge in [-0.3, -0.25) is 9.59 Å². The first-order chi connectivity index (χ1) is 16.0. The Morgan fingerprint density at radius 3 is 2.30 bits per heavy atom. The molecule has 3 rings (SSSR count). The summed E-state index contributed by atoms with van der Waals surface area (Å²) in [7, 11) is 0. The largest absolute Gasteiger partial charge is 0.481 e. The van der Waals surface area contributed by atoms with Crippen LogP contribution in [0.15, 0.2) is 48.5 Å². The van der Waals surface area contributed by atoms with Gasteiger partial charge in [-0.2, -0.15) is 11.8 Å². The van der Waals surface area contributed by atoms with Crippen LogP contribution in [0.5, 0.6) is 0 Å². The number of aliphatic hydroxyl groups excluding tert-OH is 2. The van der Waals surface area contributed by atoms with Crippen molar-refractivity contribution in [2.45, 2.75) is 44.4 Å². The second kappa shape index (κ2) is 12.7. The second-order valence-electron chi connectivity index (χ2n) is 7.71. The predicted octanol–water partition coefficient (Wildman–Crippen LogP) is 3.25. The minimum absolute atomic E-state index is 0.0167. The van der Waals surface area contributed by atoms with E-state index >= 15 is 0 Å². The topological polar surface area (TPSA) is 125 Å². The first kappa shape index (κ1) is 25.2. The van der Waals surface area contributed by atoms with E-state index in [0.717, 1.165) is 22.4 Å². The van der Waals surface area contributed by atoms with Gasteiger partial charge in [-0.25, -0.2) is 0 Å². The Balaban J connectivity index is 1.69. The van der Waals surface area contributed by atoms with Gasteiger partial charge in [-0.15, -0.1) is 0 Å². The zero-order chi connectivity index (χ0) is 23.6. The van der Waals surface area contributed by atoms with E-state index in [4.69, 9.17) is 19.7 Å². The van der Waals surface area contributed by atoms with Gasteiger partial charge in [0.05, 0.1) is 31.8 Å². The molecule has 1 amide bonds. The highest BCUT2D eigenvalue weighted by atomic mass is 32.2. The molecular formula is C24H29NO7S. The number of nitrogens with one attached hydrogen (secondary N) is 1. The third kappa shape index (κ3) is 7.83. The van der Waals surface area contributed by atoms with Gasteiger partial charge in [0, 0.05) is 35.6 Å². The lowest BCUT2D eigenvalue weighted by Gasteiger charge is -2.36. The van der Waals surface area contributed by atoms with Gasteiger partial charge in [0.1, 0.15) is 0 Å². The number of thioether (sulfide) groups is 1. The minimum Gasteiger partial charge on any atom is -0.481 e. The molecule has 178 valence electrons. The van der Waals surface area contributed by atoms with E-state index in [-0.39, 0.29) is 44.2 Å². The summed E-state index contributed by atoms with van der Waals surface area (Å²) in [4.78, 5) is 22.5. The Labute approximate surface area is 196 Å². The number of carbonyl (C=O) groups excluding carboxylic acids is 1. The van der Waals surface area contributed by atoms with Crippen molar-refractivity contribution in [3.05, 3.63) is 65.2 Å². The van der Waals surface area contributed by atoms with Gasteiger partial charge in [0.15, 0.2) is 6.29 Å². The summed E-state index contributed by atoms with van der Waals surface area (Å²) in [6, 6.07) is 14.7. The smallest absolute Gasteiger partial charge is 0.303 e. The van der Waals surface area contributed by atoms with E-state index in [1.54, 1.807) is 23.9 Å². The van der Waals surface area contributed by atoms with Crippen LogP contribution in [0.25, 0.3) is 0 Å². The molecule has 1 saturated heterocycles. The SMILES string of the molecule is O=C(O)CCC(=O)Nc1ccc(C2OC(CSCCO)CC(c3ccc(CO)cc3)O2)cc1. The second-order valence-corrected chi connectivity index (χ2v) is 8.86. The molecule has 0 spiro atoms. The maximum absolute atomic E-state index is 11.9. The van der Waals surface area contributed by atoms with Gasteiger partial charge in [0.2, 0.25) is 5.91 Å². The number of carboxylic acids is 1. The quantitative estimate of drug-likeness (QED) is 0.365. The Morgan fingerprint density at radius 1 is 0.970 bits per heavy atom. The fourth-order valence-electron chi connectivity index (χ4n) is 3.47. The lowest BCUT2D eigenvalue weighted by molar-refractivity contribution is -0.245. The average Bonchev–Trinajstić information content (AvgIpc) is 2.83. The maximum Gasteiger partial charge on any atom is 0.303 e. The summed E-state index contributed by atoms with van der Waals surface area (Å²) in [5.41, 5.74) is 3.20. The molecule has 1 aliphatic heterocycles. The van der Waals surface area contributed by atoms with E-state index < -0.39 is 12.3 Å². The zero-order valence-corrected chi connectivity index (χ0v) is 19.0. The van der Waals surface area contributed by atoms with Crippen molar-refractivity contribution in [3.63, 3.8) is 0 Å². The molecule has 1 heterocycles. The number of aliphatic hydroxyl groups is 2. The molecule has 9 heteroatoms. The van der Waals surface area contributed by atoms with Crippen LogP contribution in [0.4, 0.5) is 5.69 Å². The third-order valence-electron chi connectivity index (χ3n) is 5.19. The molecule has 0 aromatic heterocycles. The van der Waals surface area contributed by atoms with Crippen molar-refractivity contribution < 1.29 is 34.4 Å². The van der Waals surface area contributed by atoms with Crippen molar-refractivity contribution in [2.75, 3.05) is 23.4 Å². The normalized spacial score (nSPS) is 20.4. The van der Waals surface area contributed by atoms with Crippen LogP contribution in [0, 0.1) is 0 Å². The first-order valence-electron chi connectivity index (χ1n) is 10.8. The summed E-state index contributed by atoms with van der Waals surface area (Å²) in [6.45, 7) is 0.0974. The van der Waals surface area contributed by atoms with Crippen LogP contribution in [0.1, 0.15) is 48.3 Å². The zero-order valence-electron chi connectivity index (χ0n) is 18.2. The standard InChI is InChI=1S/C24H29NO7S/c26-11-12-33-15-20-13-21(17-3-1-16(14-27)2-4-17)32-24(31-20)18-5-7-19(8-6-18)25-22(28)9-10-23(29)30/h1-8,20-21,24,26-27H,9-15H2,(H,25,28)(H,29,30). The molecule has 0 radical (unpaired) electrons. The van der Waals surface area contributed by atoms with Gasteiger partial charge in [-0.1, -0.05) is 36.4 Å². The number of hydrogen-bond donors (Lipinski definition) is 4. The molecule has 4 N–H and O–H groups in total. The monoisotopic (exact) mass is 475 g/mol. The van der Waals surface area contributed by atoms with Crippen molar-refractivity contribution in [2.24, 2.45) is 0 Å². The van der Waals surface area contributed by atoms with Gasteiger partial charge >= 0.3 is 5.97 Å². The lowest BCUT2D eigenvalue weighted by atomic mass is 10.0. The predicted molar refractivity (Wildman–Crippen MR) is 125 cm³/mol. The molecular weight excluding hydrogens is 446 g/mol. The first-order valence-corrected chi connectivity index (χ1v) is 11.9. The van der Waals surface area contributed by atoms with E-state index in [1.165, 1.54) is 0 Å². The summed E-state index contributed by atoms with van der Waals surface area (Å²) in [5.74, 6) is -0.0111. The van der Waals surface area contributed by atoms with Crippen LogP contribution in [-0.2, 0) is 25.7 Å². The van der Waals surface area contributed by atoms with E-state index in [2.05, 4.69) is 5.32 Å². The molecule has 3 unspecified atom stereocenters. The summed E-state index contributed by atoms with van der Waals surface area (Å²) < 4.78 is 12.4. The highest BCUT2D eigenvalue weighted by Gasteiger charge is 2.32.